The molecule has 0 radical (unpaired) electrons. The fraction of sp³-hybridized carbons (Fsp3) is 0.667. The summed E-state index contributed by atoms with van der Waals surface area (Å²) in [6, 6.07) is 9.26. The molecule has 0 bridgehead atoms. The van der Waals surface area contributed by atoms with Gasteiger partial charge in [0, 0.05) is 63.9 Å². The average Bonchev–Trinajstić information content (AvgIpc) is 2.57. The van der Waals surface area contributed by atoms with Crippen LogP contribution >= 0.6 is 11.8 Å². The summed E-state index contributed by atoms with van der Waals surface area (Å²) >= 11 is 2.09. The van der Waals surface area contributed by atoms with E-state index in [0.29, 0.717) is 0 Å². The molecule has 0 aromatic heterocycles. The molecule has 0 saturated carbocycles. The molecule has 2 aliphatic rings. The molecule has 0 amide bonds. The van der Waals surface area contributed by atoms with Gasteiger partial charge in [0.2, 0.25) is 0 Å². The monoisotopic (exact) mass is 319 g/mol. The van der Waals surface area contributed by atoms with Crippen molar-refractivity contribution in [2.75, 3.05) is 64.4 Å². The highest BCUT2D eigenvalue weighted by molar-refractivity contribution is 7.99. The molecule has 2 fully saturated rings. The zero-order valence-electron chi connectivity index (χ0n) is 13.8. The molecular weight excluding hydrogens is 290 g/mol. The molecule has 2 aliphatic heterocycles. The van der Waals surface area contributed by atoms with Crippen molar-refractivity contribution in [1.82, 2.24) is 14.7 Å². The van der Waals surface area contributed by atoms with E-state index < -0.39 is 0 Å². The molecule has 4 heteroatoms. The Hall–Kier alpha value is -0.550. The van der Waals surface area contributed by atoms with Gasteiger partial charge in [-0.25, -0.2) is 0 Å². The van der Waals surface area contributed by atoms with Gasteiger partial charge in [-0.3, -0.25) is 4.90 Å². The lowest BCUT2D eigenvalue weighted by atomic mass is 10.1. The fourth-order valence-corrected chi connectivity index (χ4v) is 4.24. The quantitative estimate of drug-likeness (QED) is 0.821. The maximum absolute atomic E-state index is 2.61. The van der Waals surface area contributed by atoms with Crippen LogP contribution < -0.4 is 0 Å². The summed E-state index contributed by atoms with van der Waals surface area (Å²) in [5.41, 5.74) is 2.99. The van der Waals surface area contributed by atoms with E-state index in [9.17, 15) is 0 Å². The first-order valence-corrected chi connectivity index (χ1v) is 9.74. The second kappa shape index (κ2) is 8.34. The minimum absolute atomic E-state index is 1.11. The zero-order chi connectivity index (χ0) is 15.2. The largest absolute Gasteiger partial charge is 0.304 e. The maximum atomic E-state index is 2.61. The smallest absolute Gasteiger partial charge is 0.0234 e. The molecule has 0 N–H and O–H groups in total. The van der Waals surface area contributed by atoms with E-state index >= 15 is 0 Å². The molecule has 0 atom stereocenters. The molecule has 22 heavy (non-hydrogen) atoms. The van der Waals surface area contributed by atoms with Gasteiger partial charge in [0.05, 0.1) is 0 Å². The van der Waals surface area contributed by atoms with Crippen LogP contribution in [0.4, 0.5) is 0 Å². The minimum Gasteiger partial charge on any atom is -0.304 e. The van der Waals surface area contributed by atoms with Crippen LogP contribution in [0, 0.1) is 0 Å². The number of rotatable bonds is 5. The van der Waals surface area contributed by atoms with Crippen molar-refractivity contribution in [2.45, 2.75) is 13.0 Å². The van der Waals surface area contributed by atoms with Crippen LogP contribution in [0.5, 0.6) is 0 Å². The van der Waals surface area contributed by atoms with E-state index in [0.717, 1.165) is 6.54 Å². The normalized spacial score (nSPS) is 22.0. The second-order valence-corrected chi connectivity index (χ2v) is 7.83. The third-order valence-electron chi connectivity index (χ3n) is 4.81. The number of piperazine rings is 1. The van der Waals surface area contributed by atoms with Crippen LogP contribution in [0.3, 0.4) is 0 Å². The average molecular weight is 320 g/mol. The summed E-state index contributed by atoms with van der Waals surface area (Å²) in [6.45, 7) is 9.68. The zero-order valence-corrected chi connectivity index (χ0v) is 14.7. The van der Waals surface area contributed by atoms with Gasteiger partial charge in [0.15, 0.2) is 0 Å². The predicted molar refractivity (Wildman–Crippen MR) is 96.7 cm³/mol. The summed E-state index contributed by atoms with van der Waals surface area (Å²) in [6.07, 6.45) is 1.20. The Labute approximate surface area is 139 Å². The molecule has 1 aromatic rings. The highest BCUT2D eigenvalue weighted by Crippen LogP contribution is 2.13. The number of hydrogen-bond acceptors (Lipinski definition) is 4. The summed E-state index contributed by atoms with van der Waals surface area (Å²) in [5.74, 6) is 2.62. The van der Waals surface area contributed by atoms with E-state index in [1.54, 1.807) is 0 Å². The van der Waals surface area contributed by atoms with Crippen LogP contribution in [0.1, 0.15) is 11.1 Å². The van der Waals surface area contributed by atoms with Crippen LogP contribution in [-0.4, -0.2) is 79.1 Å². The fourth-order valence-electron chi connectivity index (χ4n) is 3.26. The Morgan fingerprint density at radius 3 is 2.41 bits per heavy atom. The van der Waals surface area contributed by atoms with Crippen molar-refractivity contribution in [3.05, 3.63) is 35.4 Å². The van der Waals surface area contributed by atoms with Gasteiger partial charge in [-0.1, -0.05) is 24.3 Å². The van der Waals surface area contributed by atoms with Crippen LogP contribution in [0.2, 0.25) is 0 Å². The number of nitrogens with zero attached hydrogens (tertiary/aromatic N) is 3. The molecular formula is C18H29N3S. The second-order valence-electron chi connectivity index (χ2n) is 6.60. The van der Waals surface area contributed by atoms with E-state index in [-0.39, 0.29) is 0 Å². The highest BCUT2D eigenvalue weighted by Gasteiger charge is 2.14. The van der Waals surface area contributed by atoms with Crippen molar-refractivity contribution < 1.29 is 0 Å². The van der Waals surface area contributed by atoms with Crippen LogP contribution in [0.25, 0.3) is 0 Å². The van der Waals surface area contributed by atoms with Crippen molar-refractivity contribution in [2.24, 2.45) is 0 Å². The summed E-state index contributed by atoms with van der Waals surface area (Å²) in [7, 11) is 2.22. The molecule has 0 aliphatic carbocycles. The number of hydrogen-bond donors (Lipinski definition) is 0. The SMILES string of the molecule is CN1CCN(Cc2cccc(CCN3CCSCC3)c2)CC1. The topological polar surface area (TPSA) is 9.72 Å². The number of likely N-dealkylation sites (N-methyl/N-ethyl adjacent to an activating group) is 1. The lowest BCUT2D eigenvalue weighted by molar-refractivity contribution is 0.148. The molecule has 2 saturated heterocycles. The molecule has 2 heterocycles. The third kappa shape index (κ3) is 4.98. The van der Waals surface area contributed by atoms with Crippen molar-refractivity contribution >= 4 is 11.8 Å². The first-order chi connectivity index (χ1) is 10.8. The van der Waals surface area contributed by atoms with E-state index in [4.69, 9.17) is 0 Å². The molecule has 3 nitrogen and oxygen atoms in total. The summed E-state index contributed by atoms with van der Waals surface area (Å²) < 4.78 is 0. The van der Waals surface area contributed by atoms with Crippen LogP contribution in [-0.2, 0) is 13.0 Å². The highest BCUT2D eigenvalue weighted by atomic mass is 32.2. The lowest BCUT2D eigenvalue weighted by Crippen LogP contribution is -2.43. The summed E-state index contributed by atoms with van der Waals surface area (Å²) in [4.78, 5) is 7.62. The van der Waals surface area contributed by atoms with Crippen LogP contribution in [0.15, 0.2) is 24.3 Å². The van der Waals surface area contributed by atoms with Gasteiger partial charge < -0.3 is 9.80 Å². The number of benzene rings is 1. The van der Waals surface area contributed by atoms with Crippen molar-refractivity contribution in [3.8, 4) is 0 Å². The molecule has 1 aromatic carbocycles. The Morgan fingerprint density at radius 2 is 1.64 bits per heavy atom. The Kier molecular flexibility index (Phi) is 6.19. The van der Waals surface area contributed by atoms with Gasteiger partial charge in [0.25, 0.3) is 0 Å². The molecule has 0 spiro atoms. The first-order valence-electron chi connectivity index (χ1n) is 8.58. The predicted octanol–water partition coefficient (Wildman–Crippen LogP) is 2.03. The van der Waals surface area contributed by atoms with Crippen molar-refractivity contribution in [3.63, 3.8) is 0 Å². The molecule has 122 valence electrons. The van der Waals surface area contributed by atoms with E-state index in [1.807, 2.05) is 0 Å². The van der Waals surface area contributed by atoms with Gasteiger partial charge in [-0.05, 0) is 24.6 Å². The van der Waals surface area contributed by atoms with Gasteiger partial charge >= 0.3 is 0 Å². The van der Waals surface area contributed by atoms with Crippen molar-refractivity contribution in [1.29, 1.82) is 0 Å². The minimum atomic E-state index is 1.11. The van der Waals surface area contributed by atoms with E-state index in [2.05, 4.69) is 57.8 Å². The maximum Gasteiger partial charge on any atom is 0.0234 e. The number of thioether (sulfide) groups is 1. The lowest BCUT2D eigenvalue weighted by Gasteiger charge is -2.32. The standard InChI is InChI=1S/C18H29N3S/c1-19-7-9-21(10-8-19)16-18-4-2-3-17(15-18)5-6-20-11-13-22-14-12-20/h2-4,15H,5-14,16H2,1H3. The molecule has 0 unspecified atom stereocenters. The third-order valence-corrected chi connectivity index (χ3v) is 5.76. The van der Waals surface area contributed by atoms with Gasteiger partial charge in [-0.2, -0.15) is 11.8 Å². The molecule has 3 rings (SSSR count). The Balaban J connectivity index is 1.49. The summed E-state index contributed by atoms with van der Waals surface area (Å²) in [5, 5.41) is 0. The van der Waals surface area contributed by atoms with E-state index in [1.165, 1.54) is 74.9 Å². The Morgan fingerprint density at radius 1 is 0.909 bits per heavy atom. The van der Waals surface area contributed by atoms with Gasteiger partial charge in [-0.15, -0.1) is 0 Å². The first kappa shape index (κ1) is 16.3. The Bertz CT molecular complexity index is 451. The van der Waals surface area contributed by atoms with Gasteiger partial charge in [0.1, 0.15) is 0 Å².